The van der Waals surface area contributed by atoms with Crippen LogP contribution in [0.25, 0.3) is 0 Å². The molecule has 4 heteroatoms. The number of hydrogen-bond acceptors (Lipinski definition) is 3. The van der Waals surface area contributed by atoms with Gasteiger partial charge in [0, 0.05) is 5.56 Å². The molecule has 0 aliphatic heterocycles. The third-order valence-electron chi connectivity index (χ3n) is 2.98. The Hall–Kier alpha value is -2.07. The minimum absolute atomic E-state index is 0.343. The van der Waals surface area contributed by atoms with Gasteiger partial charge in [-0.2, -0.15) is 0 Å². The van der Waals surface area contributed by atoms with Gasteiger partial charge in [0.2, 0.25) is 0 Å². The Balaban J connectivity index is 2.10. The molecule has 0 unspecified atom stereocenters. The Labute approximate surface area is 117 Å². The minimum atomic E-state index is -0.781. The molecule has 0 aromatic heterocycles. The molecule has 20 heavy (non-hydrogen) atoms. The molecule has 0 saturated carbocycles. The van der Waals surface area contributed by atoms with Crippen molar-refractivity contribution in [1.29, 1.82) is 0 Å². The molecule has 0 saturated heterocycles. The van der Waals surface area contributed by atoms with Crippen LogP contribution in [0.15, 0.2) is 42.5 Å². The molecule has 0 heterocycles. The van der Waals surface area contributed by atoms with E-state index in [1.54, 1.807) is 14.0 Å². The number of rotatable bonds is 5. The molecule has 2 aromatic rings. The highest BCUT2D eigenvalue weighted by Crippen LogP contribution is 2.26. The molecule has 2 rings (SSSR count). The summed E-state index contributed by atoms with van der Waals surface area (Å²) in [6.45, 7) is 1.92. The lowest BCUT2D eigenvalue weighted by Crippen LogP contribution is -2.01. The molecule has 0 amide bonds. The van der Waals surface area contributed by atoms with Gasteiger partial charge in [-0.15, -0.1) is 0 Å². The second kappa shape index (κ2) is 6.39. The second-order valence-corrected chi connectivity index (χ2v) is 4.49. The van der Waals surface area contributed by atoms with Crippen LogP contribution in [0.1, 0.15) is 24.2 Å². The van der Waals surface area contributed by atoms with E-state index in [0.29, 0.717) is 17.9 Å². The summed E-state index contributed by atoms with van der Waals surface area (Å²) in [5, 5.41) is 9.63. The highest BCUT2D eigenvalue weighted by atomic mass is 19.1. The van der Waals surface area contributed by atoms with Crippen molar-refractivity contribution in [2.24, 2.45) is 0 Å². The topological polar surface area (TPSA) is 38.7 Å². The molecule has 0 radical (unpaired) electrons. The maximum atomic E-state index is 13.2. The third kappa shape index (κ3) is 3.48. The molecule has 2 aromatic carbocycles. The standard InChI is InChI=1S/C16H17FO3/c1-11(18)15-9-13(17)5-8-16(15)20-10-12-3-6-14(19-2)7-4-12/h3-9,11,18H,10H2,1-2H3/t11-/m1/s1. The van der Waals surface area contributed by atoms with Crippen LogP contribution in [0.5, 0.6) is 11.5 Å². The van der Waals surface area contributed by atoms with Crippen LogP contribution >= 0.6 is 0 Å². The van der Waals surface area contributed by atoms with Gasteiger partial charge in [-0.3, -0.25) is 0 Å². The SMILES string of the molecule is COc1ccc(COc2ccc(F)cc2[C@@H](C)O)cc1. The number of aliphatic hydroxyl groups excluding tert-OH is 1. The van der Waals surface area contributed by atoms with Gasteiger partial charge >= 0.3 is 0 Å². The van der Waals surface area contributed by atoms with Gasteiger partial charge < -0.3 is 14.6 Å². The van der Waals surface area contributed by atoms with E-state index >= 15 is 0 Å². The quantitative estimate of drug-likeness (QED) is 0.908. The highest BCUT2D eigenvalue weighted by Gasteiger charge is 2.10. The molecule has 3 nitrogen and oxygen atoms in total. The van der Waals surface area contributed by atoms with E-state index in [-0.39, 0.29) is 0 Å². The largest absolute Gasteiger partial charge is 0.497 e. The normalized spacial score (nSPS) is 12.0. The molecular weight excluding hydrogens is 259 g/mol. The number of halogens is 1. The Kier molecular flexibility index (Phi) is 4.58. The first-order valence-electron chi connectivity index (χ1n) is 6.33. The Morgan fingerprint density at radius 3 is 2.45 bits per heavy atom. The van der Waals surface area contributed by atoms with Crippen molar-refractivity contribution in [3.05, 3.63) is 59.4 Å². The van der Waals surface area contributed by atoms with E-state index in [2.05, 4.69) is 0 Å². The van der Waals surface area contributed by atoms with Crippen molar-refractivity contribution in [2.45, 2.75) is 19.6 Å². The Morgan fingerprint density at radius 2 is 1.85 bits per heavy atom. The van der Waals surface area contributed by atoms with Gasteiger partial charge in [-0.25, -0.2) is 4.39 Å². The number of aliphatic hydroxyl groups is 1. The van der Waals surface area contributed by atoms with Crippen molar-refractivity contribution in [3.8, 4) is 11.5 Å². The third-order valence-corrected chi connectivity index (χ3v) is 2.98. The van der Waals surface area contributed by atoms with E-state index in [9.17, 15) is 9.50 Å². The van der Waals surface area contributed by atoms with E-state index in [0.717, 1.165) is 11.3 Å². The summed E-state index contributed by atoms with van der Waals surface area (Å²) >= 11 is 0. The maximum Gasteiger partial charge on any atom is 0.125 e. The zero-order valence-corrected chi connectivity index (χ0v) is 11.5. The van der Waals surface area contributed by atoms with Crippen molar-refractivity contribution in [1.82, 2.24) is 0 Å². The van der Waals surface area contributed by atoms with Crippen LogP contribution in [0, 0.1) is 5.82 Å². The summed E-state index contributed by atoms with van der Waals surface area (Å²) in [7, 11) is 1.61. The van der Waals surface area contributed by atoms with Crippen LogP contribution in [0.2, 0.25) is 0 Å². The number of hydrogen-bond donors (Lipinski definition) is 1. The van der Waals surface area contributed by atoms with Gasteiger partial charge in [-0.1, -0.05) is 12.1 Å². The average molecular weight is 276 g/mol. The lowest BCUT2D eigenvalue weighted by Gasteiger charge is -2.13. The maximum absolute atomic E-state index is 13.2. The number of methoxy groups -OCH3 is 1. The van der Waals surface area contributed by atoms with Gasteiger partial charge in [0.05, 0.1) is 13.2 Å². The summed E-state index contributed by atoms with van der Waals surface area (Å²) < 4.78 is 23.9. The first-order valence-corrected chi connectivity index (χ1v) is 6.33. The lowest BCUT2D eigenvalue weighted by molar-refractivity contribution is 0.189. The smallest absolute Gasteiger partial charge is 0.125 e. The fourth-order valence-corrected chi connectivity index (χ4v) is 1.86. The highest BCUT2D eigenvalue weighted by molar-refractivity contribution is 5.36. The first kappa shape index (κ1) is 14.3. The van der Waals surface area contributed by atoms with E-state index in [1.165, 1.54) is 18.2 Å². The minimum Gasteiger partial charge on any atom is -0.497 e. The van der Waals surface area contributed by atoms with Gasteiger partial charge in [-0.05, 0) is 42.8 Å². The summed E-state index contributed by atoms with van der Waals surface area (Å²) in [6, 6.07) is 11.6. The molecular formula is C16H17FO3. The number of ether oxygens (including phenoxy) is 2. The molecule has 0 spiro atoms. The predicted octanol–water partition coefficient (Wildman–Crippen LogP) is 3.47. The van der Waals surface area contributed by atoms with E-state index in [1.807, 2.05) is 24.3 Å². The van der Waals surface area contributed by atoms with Gasteiger partial charge in [0.15, 0.2) is 0 Å². The molecule has 1 N–H and O–H groups in total. The fraction of sp³-hybridized carbons (Fsp3) is 0.250. The van der Waals surface area contributed by atoms with E-state index in [4.69, 9.17) is 9.47 Å². The molecule has 0 bridgehead atoms. The van der Waals surface area contributed by atoms with Crippen LogP contribution in [0.4, 0.5) is 4.39 Å². The average Bonchev–Trinajstić information content (AvgIpc) is 2.46. The predicted molar refractivity (Wildman–Crippen MR) is 74.4 cm³/mol. The summed E-state index contributed by atoms with van der Waals surface area (Å²) in [5.41, 5.74) is 1.41. The summed E-state index contributed by atoms with van der Waals surface area (Å²) in [4.78, 5) is 0. The van der Waals surface area contributed by atoms with Crippen LogP contribution in [-0.2, 0) is 6.61 Å². The van der Waals surface area contributed by atoms with Crippen LogP contribution < -0.4 is 9.47 Å². The Morgan fingerprint density at radius 1 is 1.15 bits per heavy atom. The zero-order valence-electron chi connectivity index (χ0n) is 11.5. The van der Waals surface area contributed by atoms with Crippen molar-refractivity contribution in [2.75, 3.05) is 7.11 Å². The molecule has 106 valence electrons. The zero-order chi connectivity index (χ0) is 14.5. The van der Waals surface area contributed by atoms with Gasteiger partial charge in [0.25, 0.3) is 0 Å². The van der Waals surface area contributed by atoms with Crippen LogP contribution in [-0.4, -0.2) is 12.2 Å². The number of benzene rings is 2. The lowest BCUT2D eigenvalue weighted by atomic mass is 10.1. The molecule has 0 aliphatic carbocycles. The Bertz CT molecular complexity index is 564. The van der Waals surface area contributed by atoms with Crippen molar-refractivity contribution >= 4 is 0 Å². The van der Waals surface area contributed by atoms with E-state index < -0.39 is 11.9 Å². The van der Waals surface area contributed by atoms with Crippen LogP contribution in [0.3, 0.4) is 0 Å². The molecule has 0 aliphatic rings. The van der Waals surface area contributed by atoms with Crippen molar-refractivity contribution in [3.63, 3.8) is 0 Å². The van der Waals surface area contributed by atoms with Gasteiger partial charge in [0.1, 0.15) is 23.9 Å². The summed E-state index contributed by atoms with van der Waals surface area (Å²) in [5.74, 6) is 0.870. The fourth-order valence-electron chi connectivity index (χ4n) is 1.86. The molecule has 0 fully saturated rings. The first-order chi connectivity index (χ1) is 9.60. The monoisotopic (exact) mass is 276 g/mol. The van der Waals surface area contributed by atoms with Crippen molar-refractivity contribution < 1.29 is 19.0 Å². The molecule has 1 atom stereocenters. The second-order valence-electron chi connectivity index (χ2n) is 4.49. The summed E-state index contributed by atoms with van der Waals surface area (Å²) in [6.07, 6.45) is -0.781.